The number of aliphatic carboxylic acids is 1. The second-order valence-electron chi connectivity index (χ2n) is 4.82. The lowest BCUT2D eigenvalue weighted by molar-refractivity contribution is -0.186. The van der Waals surface area contributed by atoms with Gasteiger partial charge in [0.25, 0.3) is 5.91 Å². The molecule has 1 rings (SSSR count). The lowest BCUT2D eigenvalue weighted by Gasteiger charge is -2.32. The van der Waals surface area contributed by atoms with Gasteiger partial charge in [0.1, 0.15) is 6.54 Å². The molecule has 1 amide bonds. The molecule has 0 spiro atoms. The average molecular weight is 304 g/mol. The number of amides is 1. The Hall–Kier alpha value is -2.09. The van der Waals surface area contributed by atoms with Gasteiger partial charge in [-0.2, -0.15) is 13.2 Å². The quantitative estimate of drug-likeness (QED) is 0.886. The van der Waals surface area contributed by atoms with E-state index in [1.54, 1.807) is 19.1 Å². The third-order valence-electron chi connectivity index (χ3n) is 2.92. The van der Waals surface area contributed by atoms with Crippen molar-refractivity contribution in [2.75, 3.05) is 11.4 Å². The van der Waals surface area contributed by atoms with Gasteiger partial charge in [0.05, 0.1) is 0 Å². The lowest BCUT2D eigenvalue weighted by Crippen LogP contribution is -2.63. The van der Waals surface area contributed by atoms with Gasteiger partial charge in [-0.1, -0.05) is 17.7 Å². The van der Waals surface area contributed by atoms with Crippen LogP contribution in [0.4, 0.5) is 18.9 Å². The Bertz CT molecular complexity index is 539. The molecule has 8 heteroatoms. The van der Waals surface area contributed by atoms with Gasteiger partial charge in [-0.3, -0.25) is 14.5 Å². The minimum absolute atomic E-state index is 0.0360. The number of hydrogen-bond donors (Lipinski definition) is 2. The molecule has 0 heterocycles. The minimum Gasteiger partial charge on any atom is -0.480 e. The van der Waals surface area contributed by atoms with E-state index in [1.807, 2.05) is 0 Å². The number of halogens is 3. The highest BCUT2D eigenvalue weighted by Crippen LogP contribution is 2.31. The van der Waals surface area contributed by atoms with E-state index >= 15 is 0 Å². The normalized spacial score (nSPS) is 14.4. The zero-order chi connectivity index (χ0) is 16.4. The van der Waals surface area contributed by atoms with Crippen LogP contribution in [-0.4, -0.2) is 35.2 Å². The third-order valence-corrected chi connectivity index (χ3v) is 2.92. The van der Waals surface area contributed by atoms with Crippen LogP contribution in [0.3, 0.4) is 0 Å². The van der Waals surface area contributed by atoms with Crippen LogP contribution < -0.4 is 10.6 Å². The zero-order valence-corrected chi connectivity index (χ0v) is 11.4. The number of hydrogen-bond acceptors (Lipinski definition) is 3. The third kappa shape index (κ3) is 3.72. The predicted molar refractivity (Wildman–Crippen MR) is 69.8 cm³/mol. The molecule has 0 aliphatic heterocycles. The maximum atomic E-state index is 12.8. The fourth-order valence-electron chi connectivity index (χ4n) is 1.54. The first-order valence-corrected chi connectivity index (χ1v) is 5.93. The lowest BCUT2D eigenvalue weighted by atomic mass is 10.0. The summed E-state index contributed by atoms with van der Waals surface area (Å²) in [5.74, 6) is -2.97. The Morgan fingerprint density at radius 2 is 1.71 bits per heavy atom. The van der Waals surface area contributed by atoms with Gasteiger partial charge in [0.2, 0.25) is 0 Å². The van der Waals surface area contributed by atoms with Crippen molar-refractivity contribution in [1.29, 1.82) is 0 Å². The summed E-state index contributed by atoms with van der Waals surface area (Å²) in [5, 5.41) is 8.80. The van der Waals surface area contributed by atoms with Crippen molar-refractivity contribution in [3.63, 3.8) is 0 Å². The van der Waals surface area contributed by atoms with E-state index in [2.05, 4.69) is 0 Å². The standard InChI is InChI=1S/C13H15F3N2O3/c1-8-3-5-9(6-4-8)18(7-10(19)20)11(21)12(2,17)13(14,15)16/h3-6H,7,17H2,1-2H3,(H,19,20). The Labute approximate surface area is 119 Å². The van der Waals surface area contributed by atoms with Gasteiger partial charge in [-0.15, -0.1) is 0 Å². The summed E-state index contributed by atoms with van der Waals surface area (Å²) >= 11 is 0. The van der Waals surface area contributed by atoms with Crippen LogP contribution in [0.25, 0.3) is 0 Å². The summed E-state index contributed by atoms with van der Waals surface area (Å²) in [6.45, 7) is 1.35. The topological polar surface area (TPSA) is 83.6 Å². The zero-order valence-electron chi connectivity index (χ0n) is 11.4. The SMILES string of the molecule is Cc1ccc(N(CC(=O)O)C(=O)C(C)(N)C(F)(F)F)cc1. The monoisotopic (exact) mass is 304 g/mol. The van der Waals surface area contributed by atoms with Crippen LogP contribution in [-0.2, 0) is 9.59 Å². The van der Waals surface area contributed by atoms with Crippen molar-refractivity contribution < 1.29 is 27.9 Å². The Balaban J connectivity index is 3.23. The first kappa shape index (κ1) is 17.0. The van der Waals surface area contributed by atoms with E-state index in [0.717, 1.165) is 5.56 Å². The number of carboxylic acid groups (broad SMARTS) is 1. The van der Waals surface area contributed by atoms with Crippen molar-refractivity contribution in [2.24, 2.45) is 5.73 Å². The van der Waals surface area contributed by atoms with E-state index in [1.165, 1.54) is 12.1 Å². The maximum Gasteiger partial charge on any atom is 0.415 e. The fraction of sp³-hybridized carbons (Fsp3) is 0.385. The van der Waals surface area contributed by atoms with Gasteiger partial charge in [-0.25, -0.2) is 0 Å². The smallest absolute Gasteiger partial charge is 0.415 e. The Kier molecular flexibility index (Phi) is 4.62. The van der Waals surface area contributed by atoms with Crippen LogP contribution >= 0.6 is 0 Å². The highest BCUT2D eigenvalue weighted by Gasteiger charge is 2.55. The molecule has 0 fully saturated rings. The number of anilines is 1. The summed E-state index contributed by atoms with van der Waals surface area (Å²) in [5.41, 5.74) is 2.75. The number of nitrogens with zero attached hydrogens (tertiary/aromatic N) is 1. The number of carbonyl (C=O) groups is 2. The molecule has 0 saturated carbocycles. The molecule has 0 bridgehead atoms. The number of carbonyl (C=O) groups excluding carboxylic acids is 1. The molecular formula is C13H15F3N2O3. The molecule has 0 radical (unpaired) electrons. The largest absolute Gasteiger partial charge is 0.480 e. The van der Waals surface area contributed by atoms with Crippen molar-refractivity contribution in [1.82, 2.24) is 0 Å². The average Bonchev–Trinajstić information content (AvgIpc) is 2.34. The summed E-state index contributed by atoms with van der Waals surface area (Å²) in [7, 11) is 0. The number of rotatable bonds is 4. The maximum absolute atomic E-state index is 12.8. The molecule has 1 unspecified atom stereocenters. The number of benzene rings is 1. The molecule has 0 aromatic heterocycles. The molecule has 3 N–H and O–H groups in total. The van der Waals surface area contributed by atoms with Crippen LogP contribution in [0.1, 0.15) is 12.5 Å². The summed E-state index contributed by atoms with van der Waals surface area (Å²) < 4.78 is 38.5. The minimum atomic E-state index is -4.99. The van der Waals surface area contributed by atoms with Crippen LogP contribution in [0.5, 0.6) is 0 Å². The van der Waals surface area contributed by atoms with E-state index in [-0.39, 0.29) is 5.69 Å². The molecule has 1 aromatic rings. The molecular weight excluding hydrogens is 289 g/mol. The van der Waals surface area contributed by atoms with Crippen LogP contribution in [0.15, 0.2) is 24.3 Å². The Morgan fingerprint density at radius 3 is 2.10 bits per heavy atom. The molecule has 0 saturated heterocycles. The van der Waals surface area contributed by atoms with Crippen LogP contribution in [0, 0.1) is 6.92 Å². The highest BCUT2D eigenvalue weighted by molar-refractivity contribution is 6.03. The predicted octanol–water partition coefficient (Wildman–Crippen LogP) is 1.69. The van der Waals surface area contributed by atoms with Gasteiger partial charge in [0, 0.05) is 5.69 Å². The number of alkyl halides is 3. The van der Waals surface area contributed by atoms with Crippen molar-refractivity contribution in [3.05, 3.63) is 29.8 Å². The molecule has 1 atom stereocenters. The van der Waals surface area contributed by atoms with E-state index in [0.29, 0.717) is 11.8 Å². The van der Waals surface area contributed by atoms with Gasteiger partial charge in [0.15, 0.2) is 5.54 Å². The molecule has 21 heavy (non-hydrogen) atoms. The first-order chi connectivity index (χ1) is 9.46. The second-order valence-corrected chi connectivity index (χ2v) is 4.82. The summed E-state index contributed by atoms with van der Waals surface area (Å²) in [4.78, 5) is 23.4. The van der Waals surface area contributed by atoms with E-state index < -0.39 is 30.1 Å². The van der Waals surface area contributed by atoms with E-state index in [9.17, 15) is 22.8 Å². The van der Waals surface area contributed by atoms with Crippen LogP contribution in [0.2, 0.25) is 0 Å². The van der Waals surface area contributed by atoms with Crippen molar-refractivity contribution in [3.8, 4) is 0 Å². The van der Waals surface area contributed by atoms with E-state index in [4.69, 9.17) is 10.8 Å². The van der Waals surface area contributed by atoms with Gasteiger partial charge in [-0.05, 0) is 26.0 Å². The highest BCUT2D eigenvalue weighted by atomic mass is 19.4. The Morgan fingerprint density at radius 1 is 1.24 bits per heavy atom. The first-order valence-electron chi connectivity index (χ1n) is 5.93. The van der Waals surface area contributed by atoms with Gasteiger partial charge >= 0.3 is 12.1 Å². The van der Waals surface area contributed by atoms with Crippen molar-refractivity contribution in [2.45, 2.75) is 25.6 Å². The molecule has 5 nitrogen and oxygen atoms in total. The van der Waals surface area contributed by atoms with Crippen molar-refractivity contribution >= 4 is 17.6 Å². The fourth-order valence-corrected chi connectivity index (χ4v) is 1.54. The van der Waals surface area contributed by atoms with Gasteiger partial charge < -0.3 is 10.8 Å². The second kappa shape index (κ2) is 5.72. The molecule has 1 aromatic carbocycles. The number of aryl methyl sites for hydroxylation is 1. The number of carboxylic acids is 1. The summed E-state index contributed by atoms with van der Waals surface area (Å²) in [6, 6.07) is 5.84. The molecule has 116 valence electrons. The number of nitrogens with two attached hydrogens (primary N) is 1. The summed E-state index contributed by atoms with van der Waals surface area (Å²) in [6.07, 6.45) is -4.99. The molecule has 0 aliphatic carbocycles. The molecule has 0 aliphatic rings.